The third-order valence-electron chi connectivity index (χ3n) is 3.79. The fourth-order valence-electron chi connectivity index (χ4n) is 2.23. The molecule has 138 valence electrons. The Morgan fingerprint density at radius 1 is 1.00 bits per heavy atom. The Kier molecular flexibility index (Phi) is 5.79. The maximum absolute atomic E-state index is 12.4. The number of benzene rings is 2. The van der Waals surface area contributed by atoms with Crippen LogP contribution in [0.3, 0.4) is 0 Å². The molecule has 8 heteroatoms. The molecule has 1 amide bonds. The monoisotopic (exact) mass is 376 g/mol. The third kappa shape index (κ3) is 4.09. The molecule has 2 aromatic carbocycles. The zero-order chi connectivity index (χ0) is 19.5. The van der Waals surface area contributed by atoms with Crippen LogP contribution in [0, 0.1) is 6.92 Å². The molecule has 2 aromatic rings. The summed E-state index contributed by atoms with van der Waals surface area (Å²) in [5.74, 6) is -0.837. The summed E-state index contributed by atoms with van der Waals surface area (Å²) in [6.07, 6.45) is 0. The first-order chi connectivity index (χ1) is 12.2. The molecule has 0 atom stereocenters. The van der Waals surface area contributed by atoms with E-state index in [0.717, 1.165) is 4.31 Å². The highest BCUT2D eigenvalue weighted by molar-refractivity contribution is 7.89. The summed E-state index contributed by atoms with van der Waals surface area (Å²) >= 11 is 0. The minimum atomic E-state index is -3.54. The molecule has 0 spiro atoms. The summed E-state index contributed by atoms with van der Waals surface area (Å²) in [6, 6.07) is 10.5. The number of sulfonamides is 1. The van der Waals surface area contributed by atoms with Crippen LogP contribution in [0.25, 0.3) is 0 Å². The Morgan fingerprint density at radius 3 is 2.08 bits per heavy atom. The largest absolute Gasteiger partial charge is 0.465 e. The van der Waals surface area contributed by atoms with Gasteiger partial charge in [-0.3, -0.25) is 4.79 Å². The van der Waals surface area contributed by atoms with E-state index in [9.17, 15) is 18.0 Å². The maximum atomic E-state index is 12.4. The highest BCUT2D eigenvalue weighted by atomic mass is 32.2. The highest BCUT2D eigenvalue weighted by Crippen LogP contribution is 2.19. The van der Waals surface area contributed by atoms with Gasteiger partial charge in [0.2, 0.25) is 10.0 Å². The molecule has 0 radical (unpaired) electrons. The summed E-state index contributed by atoms with van der Waals surface area (Å²) in [5, 5.41) is 2.74. The number of amides is 1. The van der Waals surface area contributed by atoms with E-state index >= 15 is 0 Å². The van der Waals surface area contributed by atoms with Crippen LogP contribution in [-0.4, -0.2) is 45.8 Å². The van der Waals surface area contributed by atoms with Crippen LogP contribution >= 0.6 is 0 Å². The average molecular weight is 376 g/mol. The van der Waals surface area contributed by atoms with Crippen LogP contribution in [-0.2, 0) is 14.8 Å². The molecule has 0 saturated carbocycles. The van der Waals surface area contributed by atoms with Crippen LogP contribution in [0.1, 0.15) is 26.3 Å². The van der Waals surface area contributed by atoms with Gasteiger partial charge in [0.05, 0.1) is 17.6 Å². The van der Waals surface area contributed by atoms with E-state index in [1.807, 2.05) is 0 Å². The number of hydrogen-bond donors (Lipinski definition) is 1. The van der Waals surface area contributed by atoms with Gasteiger partial charge in [-0.2, -0.15) is 0 Å². The van der Waals surface area contributed by atoms with Crippen LogP contribution in [0.2, 0.25) is 0 Å². The van der Waals surface area contributed by atoms with Crippen LogP contribution in [0.4, 0.5) is 5.69 Å². The summed E-state index contributed by atoms with van der Waals surface area (Å²) < 4.78 is 29.9. The smallest absolute Gasteiger partial charge is 0.337 e. The van der Waals surface area contributed by atoms with E-state index in [-0.39, 0.29) is 10.8 Å². The predicted molar refractivity (Wildman–Crippen MR) is 97.8 cm³/mol. The number of hydrogen-bond acceptors (Lipinski definition) is 5. The van der Waals surface area contributed by atoms with E-state index in [1.54, 1.807) is 25.1 Å². The van der Waals surface area contributed by atoms with Crippen LogP contribution in [0.5, 0.6) is 0 Å². The summed E-state index contributed by atoms with van der Waals surface area (Å²) in [5.41, 5.74) is 1.96. The number of rotatable bonds is 5. The number of nitrogens with one attached hydrogen (secondary N) is 1. The van der Waals surface area contributed by atoms with E-state index < -0.39 is 16.0 Å². The Balaban J connectivity index is 2.19. The highest BCUT2D eigenvalue weighted by Gasteiger charge is 2.18. The molecule has 0 unspecified atom stereocenters. The topological polar surface area (TPSA) is 92.8 Å². The minimum Gasteiger partial charge on any atom is -0.465 e. The van der Waals surface area contributed by atoms with Crippen molar-refractivity contribution in [2.45, 2.75) is 11.8 Å². The van der Waals surface area contributed by atoms with Gasteiger partial charge in [0.15, 0.2) is 0 Å². The van der Waals surface area contributed by atoms with Gasteiger partial charge in [0, 0.05) is 25.3 Å². The van der Waals surface area contributed by atoms with E-state index in [4.69, 9.17) is 0 Å². The molecular weight excluding hydrogens is 356 g/mol. The minimum absolute atomic E-state index is 0.109. The molecule has 2 rings (SSSR count). The maximum Gasteiger partial charge on any atom is 0.337 e. The molecular formula is C18H20N2O5S. The van der Waals surface area contributed by atoms with Crippen molar-refractivity contribution in [1.82, 2.24) is 4.31 Å². The van der Waals surface area contributed by atoms with Crippen molar-refractivity contribution >= 4 is 27.6 Å². The number of esters is 1. The van der Waals surface area contributed by atoms with Gasteiger partial charge in [-0.05, 0) is 55.0 Å². The first-order valence-electron chi connectivity index (χ1n) is 7.69. The molecule has 0 bridgehead atoms. The van der Waals surface area contributed by atoms with Gasteiger partial charge in [-0.25, -0.2) is 17.5 Å². The normalized spacial score (nSPS) is 11.3. The second kappa shape index (κ2) is 7.67. The molecule has 7 nitrogen and oxygen atoms in total. The molecule has 0 aromatic heterocycles. The zero-order valence-electron chi connectivity index (χ0n) is 14.9. The lowest BCUT2D eigenvalue weighted by atomic mass is 10.1. The Hall–Kier alpha value is -2.71. The molecule has 0 aliphatic heterocycles. The molecule has 0 aliphatic rings. The van der Waals surface area contributed by atoms with Crippen molar-refractivity contribution in [2.75, 3.05) is 26.5 Å². The van der Waals surface area contributed by atoms with Gasteiger partial charge >= 0.3 is 5.97 Å². The molecule has 0 aliphatic carbocycles. The summed E-state index contributed by atoms with van der Waals surface area (Å²) in [6.45, 7) is 1.76. The summed E-state index contributed by atoms with van der Waals surface area (Å²) in [4.78, 5) is 24.0. The molecule has 1 N–H and O–H groups in total. The first-order valence-corrected chi connectivity index (χ1v) is 9.13. The second-order valence-electron chi connectivity index (χ2n) is 5.79. The standard InChI is InChI=1S/C18H20N2O5S/c1-12-11-14(18(22)25-4)7-10-16(12)19-17(21)13-5-8-15(9-6-13)26(23,24)20(2)3/h5-11H,1-4H3,(H,19,21). The van der Waals surface area contributed by atoms with E-state index in [0.29, 0.717) is 22.4 Å². The van der Waals surface area contributed by atoms with Gasteiger partial charge in [-0.1, -0.05) is 0 Å². The van der Waals surface area contributed by atoms with Crippen molar-refractivity contribution in [1.29, 1.82) is 0 Å². The molecule has 26 heavy (non-hydrogen) atoms. The number of methoxy groups -OCH3 is 1. The van der Waals surface area contributed by atoms with Crippen LogP contribution in [0.15, 0.2) is 47.4 Å². The number of aryl methyl sites for hydroxylation is 1. The SMILES string of the molecule is COC(=O)c1ccc(NC(=O)c2ccc(S(=O)(=O)N(C)C)cc2)c(C)c1. The van der Waals surface area contributed by atoms with Crippen molar-refractivity contribution in [3.8, 4) is 0 Å². The summed E-state index contributed by atoms with van der Waals surface area (Å²) in [7, 11) is 0.639. The molecule has 0 saturated heterocycles. The second-order valence-corrected chi connectivity index (χ2v) is 7.94. The fourth-order valence-corrected chi connectivity index (χ4v) is 3.13. The average Bonchev–Trinajstić information content (AvgIpc) is 2.62. The van der Waals surface area contributed by atoms with Crippen molar-refractivity contribution in [3.05, 3.63) is 59.2 Å². The van der Waals surface area contributed by atoms with Gasteiger partial charge in [0.25, 0.3) is 5.91 Å². The van der Waals surface area contributed by atoms with E-state index in [1.165, 1.54) is 45.5 Å². The Labute approximate surface area is 152 Å². The lowest BCUT2D eigenvalue weighted by Gasteiger charge is -2.12. The molecule has 0 fully saturated rings. The number of nitrogens with zero attached hydrogens (tertiary/aromatic N) is 1. The lowest BCUT2D eigenvalue weighted by molar-refractivity contribution is 0.0600. The third-order valence-corrected chi connectivity index (χ3v) is 5.62. The number of carbonyl (C=O) groups excluding carboxylic acids is 2. The first kappa shape index (κ1) is 19.6. The van der Waals surface area contributed by atoms with Crippen LogP contribution < -0.4 is 5.32 Å². The Bertz CT molecular complexity index is 935. The quantitative estimate of drug-likeness (QED) is 0.808. The zero-order valence-corrected chi connectivity index (χ0v) is 15.8. The number of ether oxygens (including phenoxy) is 1. The van der Waals surface area contributed by atoms with Crippen molar-refractivity contribution in [3.63, 3.8) is 0 Å². The fraction of sp³-hybridized carbons (Fsp3) is 0.222. The predicted octanol–water partition coefficient (Wildman–Crippen LogP) is 2.28. The van der Waals surface area contributed by atoms with Gasteiger partial charge in [0.1, 0.15) is 0 Å². The van der Waals surface area contributed by atoms with Gasteiger partial charge in [-0.15, -0.1) is 0 Å². The lowest BCUT2D eigenvalue weighted by Crippen LogP contribution is -2.22. The van der Waals surface area contributed by atoms with Crippen molar-refractivity contribution < 1.29 is 22.7 Å². The van der Waals surface area contributed by atoms with Crippen molar-refractivity contribution in [2.24, 2.45) is 0 Å². The Morgan fingerprint density at radius 2 is 1.58 bits per heavy atom. The van der Waals surface area contributed by atoms with Gasteiger partial charge < -0.3 is 10.1 Å². The van der Waals surface area contributed by atoms with E-state index in [2.05, 4.69) is 10.1 Å². The molecule has 0 heterocycles. The number of anilines is 1. The number of carbonyl (C=O) groups is 2.